The lowest BCUT2D eigenvalue weighted by molar-refractivity contribution is 0.0192. The van der Waals surface area contributed by atoms with E-state index in [2.05, 4.69) is 29.9 Å². The molecule has 1 aliphatic carbocycles. The van der Waals surface area contributed by atoms with Crippen LogP contribution in [0.4, 0.5) is 14.6 Å². The molecule has 188 valence electrons. The average molecular weight is 520 g/mol. The van der Waals surface area contributed by atoms with Crippen molar-refractivity contribution in [3.63, 3.8) is 0 Å². The van der Waals surface area contributed by atoms with Gasteiger partial charge in [0.1, 0.15) is 22.7 Å². The van der Waals surface area contributed by atoms with E-state index >= 15 is 0 Å². The van der Waals surface area contributed by atoms with Gasteiger partial charge in [0.25, 0.3) is 16.1 Å². The fourth-order valence-electron chi connectivity index (χ4n) is 5.10. The van der Waals surface area contributed by atoms with E-state index < -0.39 is 49.3 Å². The van der Waals surface area contributed by atoms with Gasteiger partial charge in [-0.05, 0) is 25.3 Å². The molecule has 1 atom stereocenters. The molecule has 0 amide bonds. The first-order valence-electron chi connectivity index (χ1n) is 11.0. The van der Waals surface area contributed by atoms with E-state index in [1.807, 2.05) is 6.07 Å². The number of halogens is 2. The molecular weight excluding hydrogens is 492 g/mol. The van der Waals surface area contributed by atoms with Crippen LogP contribution in [-0.4, -0.2) is 91.4 Å². The number of hydrogen-bond acceptors (Lipinski definition) is 8. The third-order valence-corrected chi connectivity index (χ3v) is 10.7. The van der Waals surface area contributed by atoms with Gasteiger partial charge in [0, 0.05) is 45.1 Å². The monoisotopic (exact) mass is 519 g/mol. The highest BCUT2D eigenvalue weighted by atomic mass is 32.2. The van der Waals surface area contributed by atoms with Crippen molar-refractivity contribution < 1.29 is 25.6 Å². The molecular formula is C19H27F2N7O4S2. The summed E-state index contributed by atoms with van der Waals surface area (Å²) < 4.78 is 82.3. The van der Waals surface area contributed by atoms with E-state index in [-0.39, 0.29) is 19.5 Å². The van der Waals surface area contributed by atoms with Gasteiger partial charge in [-0.1, -0.05) is 0 Å². The van der Waals surface area contributed by atoms with Gasteiger partial charge < -0.3 is 9.88 Å². The summed E-state index contributed by atoms with van der Waals surface area (Å²) in [6, 6.07) is 1.88. The summed E-state index contributed by atoms with van der Waals surface area (Å²) in [7, 11) is -7.85. The Hall–Kier alpha value is -1.94. The summed E-state index contributed by atoms with van der Waals surface area (Å²) in [5, 5.41) is 3.28. The van der Waals surface area contributed by atoms with Crippen molar-refractivity contribution in [1.29, 1.82) is 0 Å². The lowest BCUT2D eigenvalue weighted by Gasteiger charge is -2.41. The highest BCUT2D eigenvalue weighted by molar-refractivity contribution is 7.92. The van der Waals surface area contributed by atoms with Gasteiger partial charge in [-0.3, -0.25) is 5.32 Å². The fourth-order valence-corrected chi connectivity index (χ4v) is 7.97. The molecule has 3 aliphatic rings. The lowest BCUT2D eigenvalue weighted by Crippen LogP contribution is -2.60. The Morgan fingerprint density at radius 1 is 1.18 bits per heavy atom. The van der Waals surface area contributed by atoms with Gasteiger partial charge >= 0.3 is 0 Å². The molecule has 0 bridgehead atoms. The zero-order chi connectivity index (χ0) is 24.4. The summed E-state index contributed by atoms with van der Waals surface area (Å²) in [6.07, 6.45) is 4.34. The van der Waals surface area contributed by atoms with E-state index in [1.54, 1.807) is 6.20 Å². The molecule has 1 saturated carbocycles. The number of nitrogens with zero attached hydrogens (tertiary/aromatic N) is 4. The summed E-state index contributed by atoms with van der Waals surface area (Å²) in [5.74, 6) is -2.42. The van der Waals surface area contributed by atoms with Gasteiger partial charge in [-0.25, -0.2) is 31.9 Å². The van der Waals surface area contributed by atoms with E-state index in [1.165, 1.54) is 10.6 Å². The minimum atomic E-state index is -3.95. The topological polar surface area (TPSA) is 140 Å². The molecule has 0 unspecified atom stereocenters. The number of sulfone groups is 1. The van der Waals surface area contributed by atoms with Crippen molar-refractivity contribution in [2.24, 2.45) is 0 Å². The second-order valence-electron chi connectivity index (χ2n) is 9.46. The van der Waals surface area contributed by atoms with Crippen LogP contribution >= 0.6 is 0 Å². The third-order valence-electron chi connectivity index (χ3n) is 7.07. The quantitative estimate of drug-likeness (QED) is 0.472. The molecule has 4 heterocycles. The minimum Gasteiger partial charge on any atom is -0.353 e. The standard InChI is InChI=1S/C19H27F2N7O4S2/c1-33(29,30)19(10-18(20,21)11-25-19)5-7-26-34(31,32)28-9-8-27(12-17(28)3-4-17)16-14-2-6-22-15(14)23-13-24-16/h2,6,13,25-26H,3-5,7-12H2,1H3,(H,22,23,24)/t19-/m0/s1. The van der Waals surface area contributed by atoms with Crippen LogP contribution in [0.1, 0.15) is 25.7 Å². The number of hydrogen-bond donors (Lipinski definition) is 3. The maximum absolute atomic E-state index is 13.8. The van der Waals surface area contributed by atoms with Gasteiger partial charge in [-0.2, -0.15) is 12.7 Å². The third kappa shape index (κ3) is 4.06. The van der Waals surface area contributed by atoms with Crippen LogP contribution in [0.3, 0.4) is 0 Å². The molecule has 0 radical (unpaired) electrons. The predicted molar refractivity (Wildman–Crippen MR) is 121 cm³/mol. The van der Waals surface area contributed by atoms with Crippen LogP contribution in [0.2, 0.25) is 0 Å². The number of aromatic amines is 1. The number of anilines is 1. The maximum atomic E-state index is 13.8. The van der Waals surface area contributed by atoms with E-state index in [0.29, 0.717) is 31.6 Å². The van der Waals surface area contributed by atoms with Crippen LogP contribution < -0.4 is 14.9 Å². The zero-order valence-corrected chi connectivity index (χ0v) is 20.2. The van der Waals surface area contributed by atoms with Crippen LogP contribution in [0.5, 0.6) is 0 Å². The first kappa shape index (κ1) is 23.8. The summed E-state index contributed by atoms with van der Waals surface area (Å²) in [5.41, 5.74) is 0.127. The molecule has 15 heteroatoms. The Bertz CT molecular complexity index is 1310. The van der Waals surface area contributed by atoms with Crippen molar-refractivity contribution >= 4 is 36.9 Å². The Morgan fingerprint density at radius 3 is 2.59 bits per heavy atom. The minimum absolute atomic E-state index is 0.221. The maximum Gasteiger partial charge on any atom is 0.280 e. The summed E-state index contributed by atoms with van der Waals surface area (Å²) >= 11 is 0. The average Bonchev–Trinajstić information content (AvgIpc) is 3.18. The largest absolute Gasteiger partial charge is 0.353 e. The van der Waals surface area contributed by atoms with Crippen LogP contribution in [0.25, 0.3) is 11.0 Å². The normalized spacial score (nSPS) is 27.0. The van der Waals surface area contributed by atoms with E-state index in [4.69, 9.17) is 0 Å². The number of nitrogens with one attached hydrogen (secondary N) is 3. The van der Waals surface area contributed by atoms with Crippen LogP contribution in [-0.2, 0) is 20.0 Å². The number of alkyl halides is 2. The predicted octanol–water partition coefficient (Wildman–Crippen LogP) is 0.207. The molecule has 3 N–H and O–H groups in total. The van der Waals surface area contributed by atoms with Crippen LogP contribution in [0.15, 0.2) is 18.6 Å². The molecule has 2 saturated heterocycles. The van der Waals surface area contributed by atoms with Crippen molar-refractivity contribution in [1.82, 2.24) is 29.3 Å². The SMILES string of the molecule is CS(=O)(=O)[C@@]1(CCNS(=O)(=O)N2CCN(c3ncnc4[nH]ccc34)CC23CC3)CC(F)(F)CN1. The fraction of sp³-hybridized carbons (Fsp3) is 0.684. The molecule has 3 fully saturated rings. The summed E-state index contributed by atoms with van der Waals surface area (Å²) in [6.45, 7) is 0.0755. The van der Waals surface area contributed by atoms with Gasteiger partial charge in [0.2, 0.25) is 0 Å². The molecule has 2 aliphatic heterocycles. The van der Waals surface area contributed by atoms with Crippen LogP contribution in [0, 0.1) is 0 Å². The van der Waals surface area contributed by atoms with Gasteiger partial charge in [-0.15, -0.1) is 0 Å². The molecule has 1 spiro atoms. The number of H-pyrrole nitrogens is 1. The molecule has 34 heavy (non-hydrogen) atoms. The highest BCUT2D eigenvalue weighted by Crippen LogP contribution is 2.46. The van der Waals surface area contributed by atoms with Crippen molar-refractivity contribution in [2.75, 3.05) is 43.9 Å². The Balaban J connectivity index is 1.28. The first-order valence-corrected chi connectivity index (χ1v) is 14.3. The molecule has 11 nitrogen and oxygen atoms in total. The second-order valence-corrected chi connectivity index (χ2v) is 13.5. The molecule has 2 aromatic heterocycles. The van der Waals surface area contributed by atoms with Gasteiger partial charge in [0.05, 0.1) is 17.5 Å². The van der Waals surface area contributed by atoms with Gasteiger partial charge in [0.15, 0.2) is 9.84 Å². The lowest BCUT2D eigenvalue weighted by atomic mass is 10.1. The molecule has 2 aromatic rings. The number of fused-ring (bicyclic) bond motifs is 1. The number of piperazine rings is 1. The Morgan fingerprint density at radius 2 is 1.94 bits per heavy atom. The van der Waals surface area contributed by atoms with Crippen molar-refractivity contribution in [2.45, 2.75) is 42.0 Å². The van der Waals surface area contributed by atoms with E-state index in [0.717, 1.165) is 17.5 Å². The second kappa shape index (κ2) is 7.78. The Kier molecular flexibility index (Phi) is 5.44. The number of aromatic nitrogens is 3. The highest BCUT2D eigenvalue weighted by Gasteiger charge is 2.57. The molecule has 0 aromatic carbocycles. The zero-order valence-electron chi connectivity index (χ0n) is 18.6. The number of rotatable bonds is 7. The van der Waals surface area contributed by atoms with Crippen molar-refractivity contribution in [3.8, 4) is 0 Å². The van der Waals surface area contributed by atoms with E-state index in [9.17, 15) is 25.6 Å². The summed E-state index contributed by atoms with van der Waals surface area (Å²) in [4.78, 5) is 11.8. The Labute approximate surface area is 196 Å². The smallest absolute Gasteiger partial charge is 0.280 e. The first-order chi connectivity index (χ1) is 15.9. The molecule has 5 rings (SSSR count). The van der Waals surface area contributed by atoms with Crippen molar-refractivity contribution in [3.05, 3.63) is 18.6 Å².